The van der Waals surface area contributed by atoms with Crippen molar-refractivity contribution < 1.29 is 15.0 Å². The molecule has 82 valence electrons. The maximum atomic E-state index is 10.9. The zero-order valence-electron chi connectivity index (χ0n) is 8.04. The van der Waals surface area contributed by atoms with Crippen LogP contribution in [-0.2, 0) is 0 Å². The first-order valence-corrected chi connectivity index (χ1v) is 5.18. The third-order valence-corrected chi connectivity index (χ3v) is 2.85. The van der Waals surface area contributed by atoms with Gasteiger partial charge in [-0.2, -0.15) is 0 Å². The van der Waals surface area contributed by atoms with Gasteiger partial charge in [0, 0.05) is 5.56 Å². The van der Waals surface area contributed by atoms with Crippen molar-refractivity contribution in [2.24, 2.45) is 0 Å². The number of phenolic OH excluding ortho intramolecular Hbond substituents is 1. The summed E-state index contributed by atoms with van der Waals surface area (Å²) in [7, 11) is 0. The van der Waals surface area contributed by atoms with Crippen molar-refractivity contribution in [2.75, 3.05) is 5.73 Å². The molecule has 0 unspecified atom stereocenters. The minimum Gasteiger partial charge on any atom is -0.508 e. The number of thiazole rings is 1. The molecule has 0 aliphatic rings. The summed E-state index contributed by atoms with van der Waals surface area (Å²) >= 11 is 0.926. The Hall–Kier alpha value is -2.08. The number of nitrogens with zero attached hydrogens (tertiary/aromatic N) is 1. The van der Waals surface area contributed by atoms with E-state index in [1.165, 1.54) is 12.1 Å². The van der Waals surface area contributed by atoms with Crippen molar-refractivity contribution in [1.29, 1.82) is 0 Å². The van der Waals surface area contributed by atoms with Crippen LogP contribution in [0.4, 0.5) is 5.13 Å². The van der Waals surface area contributed by atoms with Gasteiger partial charge >= 0.3 is 5.97 Å². The lowest BCUT2D eigenvalue weighted by molar-refractivity contribution is 0.0702. The van der Waals surface area contributed by atoms with Crippen LogP contribution < -0.4 is 5.73 Å². The van der Waals surface area contributed by atoms with Crippen LogP contribution in [0.2, 0.25) is 0 Å². The Labute approximate surface area is 94.8 Å². The van der Waals surface area contributed by atoms with Crippen molar-refractivity contribution >= 4 is 22.4 Å². The van der Waals surface area contributed by atoms with Crippen LogP contribution in [0, 0.1) is 0 Å². The highest BCUT2D eigenvalue weighted by Gasteiger charge is 2.17. The lowest BCUT2D eigenvalue weighted by Crippen LogP contribution is -1.95. The second-order valence-corrected chi connectivity index (χ2v) is 4.11. The Morgan fingerprint density at radius 1 is 1.31 bits per heavy atom. The first-order valence-electron chi connectivity index (χ1n) is 4.37. The minimum absolute atomic E-state index is 0.100. The summed E-state index contributed by atoms with van der Waals surface area (Å²) in [6.07, 6.45) is 0. The summed E-state index contributed by atoms with van der Waals surface area (Å²) in [6, 6.07) is 6.12. The van der Waals surface area contributed by atoms with E-state index >= 15 is 0 Å². The minimum atomic E-state index is -1.06. The van der Waals surface area contributed by atoms with Gasteiger partial charge in [0.05, 0.1) is 5.69 Å². The summed E-state index contributed by atoms with van der Waals surface area (Å²) in [5.41, 5.74) is 6.42. The predicted molar refractivity (Wildman–Crippen MR) is 60.6 cm³/mol. The summed E-state index contributed by atoms with van der Waals surface area (Å²) in [6.45, 7) is 0. The van der Waals surface area contributed by atoms with Crippen LogP contribution in [0.3, 0.4) is 0 Å². The average molecular weight is 236 g/mol. The van der Waals surface area contributed by atoms with Gasteiger partial charge in [0.2, 0.25) is 0 Å². The zero-order chi connectivity index (χ0) is 11.7. The van der Waals surface area contributed by atoms with Crippen LogP contribution in [0.25, 0.3) is 11.3 Å². The molecule has 0 bridgehead atoms. The number of aromatic nitrogens is 1. The molecule has 1 aromatic heterocycles. The van der Waals surface area contributed by atoms with Gasteiger partial charge in [0.25, 0.3) is 0 Å². The molecule has 0 aliphatic carbocycles. The fourth-order valence-corrected chi connectivity index (χ4v) is 1.99. The lowest BCUT2D eigenvalue weighted by Gasteiger charge is -1.98. The van der Waals surface area contributed by atoms with Crippen molar-refractivity contribution in [2.45, 2.75) is 0 Å². The number of carboxylic acid groups (broad SMARTS) is 1. The SMILES string of the molecule is Nc1nc(-c2ccc(O)cc2)c(C(=O)O)s1. The molecular weight excluding hydrogens is 228 g/mol. The summed E-state index contributed by atoms with van der Waals surface area (Å²) in [5.74, 6) is -0.943. The number of nitrogen functional groups attached to an aromatic ring is 1. The second kappa shape index (κ2) is 3.82. The molecule has 1 heterocycles. The van der Waals surface area contributed by atoms with Crippen molar-refractivity contribution in [3.63, 3.8) is 0 Å². The Morgan fingerprint density at radius 3 is 2.50 bits per heavy atom. The Bertz CT molecular complexity index is 533. The van der Waals surface area contributed by atoms with Crippen molar-refractivity contribution in [3.8, 4) is 17.0 Å². The van der Waals surface area contributed by atoms with E-state index in [1.807, 2.05) is 0 Å². The first-order chi connectivity index (χ1) is 7.58. The van der Waals surface area contributed by atoms with Gasteiger partial charge in [-0.05, 0) is 24.3 Å². The molecule has 0 aliphatic heterocycles. The number of aromatic hydroxyl groups is 1. The van der Waals surface area contributed by atoms with Gasteiger partial charge in [-0.25, -0.2) is 9.78 Å². The molecule has 5 nitrogen and oxygen atoms in total. The van der Waals surface area contributed by atoms with E-state index in [4.69, 9.17) is 15.9 Å². The summed E-state index contributed by atoms with van der Waals surface area (Å²) in [4.78, 5) is 15.0. The zero-order valence-corrected chi connectivity index (χ0v) is 8.86. The van der Waals surface area contributed by atoms with E-state index in [9.17, 15) is 4.79 Å². The Morgan fingerprint density at radius 2 is 1.94 bits per heavy atom. The quantitative estimate of drug-likeness (QED) is 0.738. The van der Waals surface area contributed by atoms with Gasteiger partial charge in [-0.3, -0.25) is 0 Å². The third-order valence-electron chi connectivity index (χ3n) is 1.98. The highest BCUT2D eigenvalue weighted by Crippen LogP contribution is 2.30. The number of anilines is 1. The van der Waals surface area contributed by atoms with Gasteiger partial charge in [0.15, 0.2) is 5.13 Å². The number of benzene rings is 1. The monoisotopic (exact) mass is 236 g/mol. The Kier molecular flexibility index (Phi) is 2.49. The van der Waals surface area contributed by atoms with E-state index < -0.39 is 5.97 Å². The highest BCUT2D eigenvalue weighted by molar-refractivity contribution is 7.17. The van der Waals surface area contributed by atoms with Gasteiger partial charge in [0.1, 0.15) is 10.6 Å². The number of hydrogen-bond donors (Lipinski definition) is 3. The lowest BCUT2D eigenvalue weighted by atomic mass is 10.1. The van der Waals surface area contributed by atoms with E-state index in [1.54, 1.807) is 12.1 Å². The van der Waals surface area contributed by atoms with Crippen LogP contribution in [0.1, 0.15) is 9.67 Å². The van der Waals surface area contributed by atoms with Crippen LogP contribution in [0.5, 0.6) is 5.75 Å². The molecule has 4 N–H and O–H groups in total. The molecule has 0 amide bonds. The van der Waals surface area contributed by atoms with E-state index in [2.05, 4.69) is 4.98 Å². The Balaban J connectivity index is 2.55. The number of aromatic carboxylic acids is 1. The second-order valence-electron chi connectivity index (χ2n) is 3.08. The molecule has 0 saturated heterocycles. The fourth-order valence-electron chi connectivity index (χ4n) is 1.30. The highest BCUT2D eigenvalue weighted by atomic mass is 32.1. The molecule has 0 fully saturated rings. The average Bonchev–Trinajstić information content (AvgIpc) is 2.61. The largest absolute Gasteiger partial charge is 0.508 e. The molecule has 1 aromatic carbocycles. The standard InChI is InChI=1S/C10H8N2O3S/c11-10-12-7(8(16-10)9(14)15)5-1-3-6(13)4-2-5/h1-4,13H,(H2,11,12)(H,14,15). The molecule has 0 atom stereocenters. The van der Waals surface area contributed by atoms with Crippen molar-refractivity contribution in [3.05, 3.63) is 29.1 Å². The molecule has 2 rings (SSSR count). The van der Waals surface area contributed by atoms with Crippen LogP contribution in [0.15, 0.2) is 24.3 Å². The smallest absolute Gasteiger partial charge is 0.348 e. The summed E-state index contributed by atoms with van der Waals surface area (Å²) < 4.78 is 0. The van der Waals surface area contributed by atoms with Gasteiger partial charge < -0.3 is 15.9 Å². The number of rotatable bonds is 2. The molecule has 6 heteroatoms. The number of phenols is 1. The predicted octanol–water partition coefficient (Wildman–Crippen LogP) is 1.80. The molecule has 0 saturated carbocycles. The first kappa shape index (κ1) is 10.4. The summed E-state index contributed by atoms with van der Waals surface area (Å²) in [5, 5.41) is 18.3. The van der Waals surface area contributed by atoms with Gasteiger partial charge in [-0.15, -0.1) is 0 Å². The molecule has 0 radical (unpaired) electrons. The van der Waals surface area contributed by atoms with E-state index in [0.29, 0.717) is 11.3 Å². The van der Waals surface area contributed by atoms with E-state index in [0.717, 1.165) is 11.3 Å². The molecule has 0 spiro atoms. The van der Waals surface area contributed by atoms with Gasteiger partial charge in [-0.1, -0.05) is 11.3 Å². The number of carboxylic acids is 1. The third kappa shape index (κ3) is 1.82. The number of nitrogens with two attached hydrogens (primary N) is 1. The topological polar surface area (TPSA) is 96.4 Å². The maximum absolute atomic E-state index is 10.9. The number of carbonyl (C=O) groups is 1. The molecule has 2 aromatic rings. The maximum Gasteiger partial charge on any atom is 0.348 e. The van der Waals surface area contributed by atoms with Crippen LogP contribution >= 0.6 is 11.3 Å². The van der Waals surface area contributed by atoms with E-state index in [-0.39, 0.29) is 15.8 Å². The normalized spacial score (nSPS) is 10.2. The van der Waals surface area contributed by atoms with Crippen molar-refractivity contribution in [1.82, 2.24) is 4.98 Å². The van der Waals surface area contributed by atoms with Crippen LogP contribution in [-0.4, -0.2) is 21.2 Å². The molecular formula is C10H8N2O3S. The molecule has 16 heavy (non-hydrogen) atoms. The number of hydrogen-bond acceptors (Lipinski definition) is 5. The fraction of sp³-hybridized carbons (Fsp3) is 0.